The molecule has 4 heteroatoms. The fraction of sp³-hybridized carbons (Fsp3) is 0.385. The van der Waals surface area contributed by atoms with Crippen molar-refractivity contribution in [1.29, 1.82) is 0 Å². The Morgan fingerprint density at radius 3 is 3.06 bits per heavy atom. The number of rotatable bonds is 5. The molecule has 0 radical (unpaired) electrons. The van der Waals surface area contributed by atoms with E-state index in [1.807, 2.05) is 13.0 Å². The summed E-state index contributed by atoms with van der Waals surface area (Å²) < 4.78 is 0. The van der Waals surface area contributed by atoms with E-state index in [0.29, 0.717) is 6.54 Å². The highest BCUT2D eigenvalue weighted by Crippen LogP contribution is 2.13. The van der Waals surface area contributed by atoms with Crippen molar-refractivity contribution in [2.45, 2.75) is 20.3 Å². The normalized spacial score (nSPS) is 10.9. The molecule has 0 aliphatic carbocycles. The van der Waals surface area contributed by atoms with Gasteiger partial charge in [-0.15, -0.1) is 0 Å². The van der Waals surface area contributed by atoms with Gasteiger partial charge in [0.2, 0.25) is 0 Å². The predicted molar refractivity (Wildman–Crippen MR) is 68.1 cm³/mol. The Morgan fingerprint density at radius 2 is 2.29 bits per heavy atom. The van der Waals surface area contributed by atoms with Crippen LogP contribution in [0.25, 0.3) is 11.0 Å². The van der Waals surface area contributed by atoms with E-state index in [1.54, 1.807) is 6.92 Å². The Morgan fingerprint density at radius 1 is 1.47 bits per heavy atom. The van der Waals surface area contributed by atoms with E-state index in [1.165, 1.54) is 5.56 Å². The summed E-state index contributed by atoms with van der Waals surface area (Å²) in [5.41, 5.74) is 3.33. The summed E-state index contributed by atoms with van der Waals surface area (Å²) in [6, 6.07) is 6.22. The lowest BCUT2D eigenvalue weighted by Gasteiger charge is -2.02. The number of nitrogens with one attached hydrogen (secondary N) is 2. The first-order chi connectivity index (χ1) is 8.15. The average molecular weight is 231 g/mol. The molecule has 0 atom stereocenters. The number of benzene rings is 1. The van der Waals surface area contributed by atoms with Gasteiger partial charge >= 0.3 is 0 Å². The van der Waals surface area contributed by atoms with E-state index in [-0.39, 0.29) is 5.78 Å². The molecule has 90 valence electrons. The predicted octanol–water partition coefficient (Wildman–Crippen LogP) is 1.59. The standard InChI is InChI=1S/C13H17N3O/c1-9(17)8-14-6-5-11-3-4-12-13(7-11)16-10(2)15-12/h3-4,7,14H,5-6,8H2,1-2H3,(H,15,16). The number of carbonyl (C=O) groups excluding carboxylic acids is 1. The largest absolute Gasteiger partial charge is 0.342 e. The molecule has 1 aromatic carbocycles. The van der Waals surface area contributed by atoms with Crippen LogP contribution >= 0.6 is 0 Å². The van der Waals surface area contributed by atoms with Gasteiger partial charge in [0.15, 0.2) is 0 Å². The first-order valence-electron chi connectivity index (χ1n) is 5.80. The molecular weight excluding hydrogens is 214 g/mol. The zero-order chi connectivity index (χ0) is 12.3. The second-order valence-electron chi connectivity index (χ2n) is 4.30. The highest BCUT2D eigenvalue weighted by molar-refractivity contribution is 5.77. The van der Waals surface area contributed by atoms with E-state index < -0.39 is 0 Å². The highest BCUT2D eigenvalue weighted by Gasteiger charge is 2.01. The number of H-pyrrole nitrogens is 1. The third-order valence-corrected chi connectivity index (χ3v) is 2.63. The van der Waals surface area contributed by atoms with Gasteiger partial charge in [0.1, 0.15) is 11.6 Å². The van der Waals surface area contributed by atoms with Crippen molar-refractivity contribution in [3.05, 3.63) is 29.6 Å². The van der Waals surface area contributed by atoms with Crippen molar-refractivity contribution in [3.63, 3.8) is 0 Å². The second-order valence-corrected chi connectivity index (χ2v) is 4.30. The smallest absolute Gasteiger partial charge is 0.143 e. The lowest BCUT2D eigenvalue weighted by molar-refractivity contribution is -0.116. The Kier molecular flexibility index (Phi) is 3.54. The second kappa shape index (κ2) is 5.10. The quantitative estimate of drug-likeness (QED) is 0.768. The molecule has 0 spiro atoms. The molecule has 0 saturated carbocycles. The van der Waals surface area contributed by atoms with Gasteiger partial charge in [-0.1, -0.05) is 6.07 Å². The van der Waals surface area contributed by atoms with Crippen molar-refractivity contribution >= 4 is 16.8 Å². The Labute approximate surface area is 100 Å². The van der Waals surface area contributed by atoms with Gasteiger partial charge in [-0.3, -0.25) is 4.79 Å². The summed E-state index contributed by atoms with van der Waals surface area (Å²) in [6.07, 6.45) is 0.918. The SMILES string of the molecule is CC(=O)CNCCc1ccc2nc(C)[nH]c2c1. The lowest BCUT2D eigenvalue weighted by atomic mass is 10.1. The fourth-order valence-electron chi connectivity index (χ4n) is 1.84. The molecule has 0 fully saturated rings. The zero-order valence-electron chi connectivity index (χ0n) is 10.2. The van der Waals surface area contributed by atoms with E-state index in [9.17, 15) is 4.79 Å². The number of imidazole rings is 1. The number of carbonyl (C=O) groups is 1. The highest BCUT2D eigenvalue weighted by atomic mass is 16.1. The van der Waals surface area contributed by atoms with Crippen molar-refractivity contribution in [2.75, 3.05) is 13.1 Å². The van der Waals surface area contributed by atoms with Crippen LogP contribution in [0, 0.1) is 6.92 Å². The van der Waals surface area contributed by atoms with Crippen molar-refractivity contribution in [2.24, 2.45) is 0 Å². The van der Waals surface area contributed by atoms with Gasteiger partial charge in [0.05, 0.1) is 17.6 Å². The van der Waals surface area contributed by atoms with Gasteiger partial charge in [0.25, 0.3) is 0 Å². The molecule has 0 amide bonds. The minimum atomic E-state index is 0.171. The maximum atomic E-state index is 10.8. The summed E-state index contributed by atoms with van der Waals surface area (Å²) in [6.45, 7) is 4.81. The zero-order valence-corrected chi connectivity index (χ0v) is 10.2. The van der Waals surface area contributed by atoms with Crippen LogP contribution in [0.1, 0.15) is 18.3 Å². The van der Waals surface area contributed by atoms with E-state index in [2.05, 4.69) is 27.4 Å². The van der Waals surface area contributed by atoms with Crippen LogP contribution in [0.2, 0.25) is 0 Å². The molecule has 2 N–H and O–H groups in total. The Balaban J connectivity index is 1.96. The summed E-state index contributed by atoms with van der Waals surface area (Å²) in [5.74, 6) is 1.11. The molecule has 17 heavy (non-hydrogen) atoms. The molecule has 0 unspecified atom stereocenters. The minimum Gasteiger partial charge on any atom is -0.342 e. The maximum absolute atomic E-state index is 10.8. The van der Waals surface area contributed by atoms with Crippen LogP contribution in [-0.2, 0) is 11.2 Å². The third kappa shape index (κ3) is 3.14. The van der Waals surface area contributed by atoms with Gasteiger partial charge in [0, 0.05) is 0 Å². The fourth-order valence-corrected chi connectivity index (χ4v) is 1.84. The number of ketones is 1. The van der Waals surface area contributed by atoms with Gasteiger partial charge in [-0.05, 0) is 44.5 Å². The van der Waals surface area contributed by atoms with Crippen molar-refractivity contribution < 1.29 is 4.79 Å². The number of hydrogen-bond acceptors (Lipinski definition) is 3. The molecule has 0 saturated heterocycles. The lowest BCUT2D eigenvalue weighted by Crippen LogP contribution is -2.23. The number of nitrogens with zero attached hydrogens (tertiary/aromatic N) is 1. The van der Waals surface area contributed by atoms with Gasteiger partial charge in [-0.2, -0.15) is 0 Å². The molecule has 0 aliphatic heterocycles. The van der Waals surface area contributed by atoms with Gasteiger partial charge < -0.3 is 10.3 Å². The minimum absolute atomic E-state index is 0.171. The number of aryl methyl sites for hydroxylation is 1. The van der Waals surface area contributed by atoms with Crippen LogP contribution in [0.5, 0.6) is 0 Å². The molecular formula is C13H17N3O. The molecule has 2 aromatic rings. The summed E-state index contributed by atoms with van der Waals surface area (Å²) in [4.78, 5) is 18.3. The first kappa shape index (κ1) is 11.8. The average Bonchev–Trinajstić information content (AvgIpc) is 2.63. The maximum Gasteiger partial charge on any atom is 0.143 e. The van der Waals surface area contributed by atoms with Crippen molar-refractivity contribution in [3.8, 4) is 0 Å². The van der Waals surface area contributed by atoms with Crippen LogP contribution in [-0.4, -0.2) is 28.8 Å². The molecule has 1 aromatic heterocycles. The van der Waals surface area contributed by atoms with Crippen LogP contribution in [0.3, 0.4) is 0 Å². The van der Waals surface area contributed by atoms with E-state index >= 15 is 0 Å². The molecule has 0 bridgehead atoms. The topological polar surface area (TPSA) is 57.8 Å². The summed E-state index contributed by atoms with van der Waals surface area (Å²) >= 11 is 0. The number of aromatic amines is 1. The van der Waals surface area contributed by atoms with E-state index in [0.717, 1.165) is 29.8 Å². The van der Waals surface area contributed by atoms with Crippen LogP contribution in [0.15, 0.2) is 18.2 Å². The number of aromatic nitrogens is 2. The van der Waals surface area contributed by atoms with E-state index in [4.69, 9.17) is 0 Å². The van der Waals surface area contributed by atoms with Crippen LogP contribution in [0.4, 0.5) is 0 Å². The molecule has 0 aliphatic rings. The third-order valence-electron chi connectivity index (χ3n) is 2.63. The number of hydrogen-bond donors (Lipinski definition) is 2. The number of fused-ring (bicyclic) bond motifs is 1. The number of Topliss-reactive ketones (excluding diaryl/α,β-unsaturated/α-hetero) is 1. The Hall–Kier alpha value is -1.68. The van der Waals surface area contributed by atoms with Gasteiger partial charge in [-0.25, -0.2) is 4.98 Å². The summed E-state index contributed by atoms with van der Waals surface area (Å²) in [7, 11) is 0. The first-order valence-corrected chi connectivity index (χ1v) is 5.80. The molecule has 4 nitrogen and oxygen atoms in total. The monoisotopic (exact) mass is 231 g/mol. The van der Waals surface area contributed by atoms with Crippen molar-refractivity contribution in [1.82, 2.24) is 15.3 Å². The van der Waals surface area contributed by atoms with Crippen LogP contribution < -0.4 is 5.32 Å². The Bertz CT molecular complexity index is 530. The molecule has 2 rings (SSSR count). The summed E-state index contributed by atoms with van der Waals surface area (Å²) in [5, 5.41) is 3.11. The molecule has 1 heterocycles.